The van der Waals surface area contributed by atoms with Gasteiger partial charge in [0.15, 0.2) is 0 Å². The van der Waals surface area contributed by atoms with Crippen molar-refractivity contribution in [3.8, 4) is 23.1 Å². The van der Waals surface area contributed by atoms with Crippen LogP contribution in [0.25, 0.3) is 5.70 Å². The molecule has 0 atom stereocenters. The maximum Gasteiger partial charge on any atom is 0.219 e. The van der Waals surface area contributed by atoms with Gasteiger partial charge in [-0.05, 0) is 84.1 Å². The van der Waals surface area contributed by atoms with Gasteiger partial charge in [0.05, 0.1) is 12.8 Å². The molecular weight excluding hydrogens is 646 g/mol. The highest BCUT2D eigenvalue weighted by molar-refractivity contribution is 6.31. The Labute approximate surface area is 299 Å². The zero-order valence-electron chi connectivity index (χ0n) is 28.6. The van der Waals surface area contributed by atoms with Crippen LogP contribution < -0.4 is 14.2 Å². The summed E-state index contributed by atoms with van der Waals surface area (Å²) >= 11 is 6.23. The zero-order valence-corrected chi connectivity index (χ0v) is 29.3. The van der Waals surface area contributed by atoms with Crippen molar-refractivity contribution in [3.63, 3.8) is 0 Å². The molecule has 1 fully saturated rings. The summed E-state index contributed by atoms with van der Waals surface area (Å²) < 4.78 is 17.9. The van der Waals surface area contributed by atoms with Crippen LogP contribution in [0.2, 0.25) is 5.02 Å². The van der Waals surface area contributed by atoms with Crippen molar-refractivity contribution >= 4 is 23.6 Å². The normalized spacial score (nSPS) is 13.6. The summed E-state index contributed by atoms with van der Waals surface area (Å²) in [6, 6.07) is 34.2. The van der Waals surface area contributed by atoms with E-state index in [0.29, 0.717) is 35.6 Å². The molecule has 50 heavy (non-hydrogen) atoms. The Hall–Kier alpha value is -5.11. The number of halogens is 1. The van der Waals surface area contributed by atoms with Crippen LogP contribution in [-0.2, 0) is 24.4 Å². The lowest BCUT2D eigenvalue weighted by Gasteiger charge is -2.37. The molecule has 7 nitrogen and oxygen atoms in total. The summed E-state index contributed by atoms with van der Waals surface area (Å²) in [5.74, 6) is 2.71. The number of aldehydes is 1. The number of carbonyl (C=O) groups excluding carboxylic acids is 1. The molecule has 5 aromatic rings. The van der Waals surface area contributed by atoms with Gasteiger partial charge in [0.2, 0.25) is 5.88 Å². The molecule has 0 bridgehead atoms. The van der Waals surface area contributed by atoms with Crippen LogP contribution in [0, 0.1) is 13.8 Å². The lowest BCUT2D eigenvalue weighted by atomic mass is 10.1. The number of pyridine rings is 1. The summed E-state index contributed by atoms with van der Waals surface area (Å²) in [7, 11) is 0. The maximum absolute atomic E-state index is 11.7. The number of ether oxygens (including phenoxy) is 3. The highest BCUT2D eigenvalue weighted by Crippen LogP contribution is 2.30. The van der Waals surface area contributed by atoms with E-state index in [2.05, 4.69) is 64.2 Å². The van der Waals surface area contributed by atoms with E-state index in [4.69, 9.17) is 25.8 Å². The first-order chi connectivity index (χ1) is 24.4. The molecule has 256 valence electrons. The number of hydrogen-bond acceptors (Lipinski definition) is 7. The molecule has 0 amide bonds. The maximum atomic E-state index is 11.7. The Bertz CT molecular complexity index is 1900. The average molecular weight is 688 g/mol. The number of hydrogen-bond donors (Lipinski definition) is 0. The van der Waals surface area contributed by atoms with Gasteiger partial charge >= 0.3 is 0 Å². The third kappa shape index (κ3) is 9.53. The Kier molecular flexibility index (Phi) is 11.8. The zero-order chi connectivity index (χ0) is 34.7. The third-order valence-electron chi connectivity index (χ3n) is 8.76. The molecule has 0 unspecified atom stereocenters. The Balaban J connectivity index is 0.983. The van der Waals surface area contributed by atoms with E-state index in [1.807, 2.05) is 61.5 Å². The molecule has 1 aromatic heterocycles. The number of benzene rings is 4. The van der Waals surface area contributed by atoms with Crippen LogP contribution in [0.3, 0.4) is 0 Å². The smallest absolute Gasteiger partial charge is 0.219 e. The summed E-state index contributed by atoms with van der Waals surface area (Å²) in [5.41, 5.74) is 7.53. The number of piperazine rings is 1. The predicted octanol–water partition coefficient (Wildman–Crippen LogP) is 8.70. The fourth-order valence-electron chi connectivity index (χ4n) is 5.98. The average Bonchev–Trinajstić information content (AvgIpc) is 3.13. The van der Waals surface area contributed by atoms with Crippen molar-refractivity contribution in [1.82, 2.24) is 14.8 Å². The molecule has 6 rings (SSSR count). The van der Waals surface area contributed by atoms with Gasteiger partial charge in [-0.3, -0.25) is 9.69 Å². The van der Waals surface area contributed by atoms with Crippen LogP contribution in [0.4, 0.5) is 0 Å². The van der Waals surface area contributed by atoms with Gasteiger partial charge in [-0.2, -0.15) is 0 Å². The molecule has 0 saturated carbocycles. The number of rotatable bonds is 14. The monoisotopic (exact) mass is 687 g/mol. The van der Waals surface area contributed by atoms with Crippen molar-refractivity contribution in [2.24, 2.45) is 0 Å². The van der Waals surface area contributed by atoms with Crippen LogP contribution in [0.5, 0.6) is 23.1 Å². The quantitative estimate of drug-likeness (QED) is 0.0855. The van der Waals surface area contributed by atoms with E-state index in [0.717, 1.165) is 73.6 Å². The SMILES string of the molecule is Cc1cccc(OCCc2ccc(CN3CCN(/C(=C/C=O)c4ccc(Oc5ccc(OCc6ccccc6Cl)cn5)c(C)c4)CC3)cc2)c1. The predicted molar refractivity (Wildman–Crippen MR) is 199 cm³/mol. The lowest BCUT2D eigenvalue weighted by molar-refractivity contribution is -0.104. The van der Waals surface area contributed by atoms with Gasteiger partial charge in [0.1, 0.15) is 30.1 Å². The van der Waals surface area contributed by atoms with Gasteiger partial charge in [-0.15, -0.1) is 0 Å². The Morgan fingerprint density at radius 1 is 0.820 bits per heavy atom. The number of nitrogens with zero attached hydrogens (tertiary/aromatic N) is 3. The van der Waals surface area contributed by atoms with Gasteiger partial charge in [0, 0.05) is 67.6 Å². The van der Waals surface area contributed by atoms with Crippen molar-refractivity contribution in [2.75, 3.05) is 32.8 Å². The molecule has 0 N–H and O–H groups in total. The molecule has 2 heterocycles. The van der Waals surface area contributed by atoms with Gasteiger partial charge < -0.3 is 19.1 Å². The van der Waals surface area contributed by atoms with Crippen molar-refractivity contribution < 1.29 is 19.0 Å². The fourth-order valence-corrected chi connectivity index (χ4v) is 6.17. The first kappa shape index (κ1) is 34.7. The molecule has 1 aliphatic heterocycles. The summed E-state index contributed by atoms with van der Waals surface area (Å²) in [4.78, 5) is 20.9. The van der Waals surface area contributed by atoms with Gasteiger partial charge in [-0.25, -0.2) is 4.98 Å². The first-order valence-electron chi connectivity index (χ1n) is 16.9. The van der Waals surface area contributed by atoms with Crippen molar-refractivity contribution in [2.45, 2.75) is 33.4 Å². The molecule has 8 heteroatoms. The van der Waals surface area contributed by atoms with E-state index in [9.17, 15) is 4.79 Å². The van der Waals surface area contributed by atoms with Crippen LogP contribution in [0.15, 0.2) is 115 Å². The molecule has 0 radical (unpaired) electrons. The number of allylic oxidation sites excluding steroid dienone is 1. The van der Waals surface area contributed by atoms with E-state index in [-0.39, 0.29) is 0 Å². The van der Waals surface area contributed by atoms with Crippen LogP contribution in [-0.4, -0.2) is 53.9 Å². The molecule has 1 saturated heterocycles. The molecule has 0 aliphatic carbocycles. The Morgan fingerprint density at radius 3 is 2.34 bits per heavy atom. The minimum absolute atomic E-state index is 0.355. The second-order valence-electron chi connectivity index (χ2n) is 12.5. The fraction of sp³-hybridized carbons (Fsp3) is 0.238. The first-order valence-corrected chi connectivity index (χ1v) is 17.3. The highest BCUT2D eigenvalue weighted by Gasteiger charge is 2.20. The minimum Gasteiger partial charge on any atom is -0.493 e. The molecule has 4 aromatic carbocycles. The molecule has 1 aliphatic rings. The van der Waals surface area contributed by atoms with E-state index >= 15 is 0 Å². The van der Waals surface area contributed by atoms with Crippen LogP contribution in [0.1, 0.15) is 33.4 Å². The third-order valence-corrected chi connectivity index (χ3v) is 9.13. The van der Waals surface area contributed by atoms with Crippen molar-refractivity contribution in [1.29, 1.82) is 0 Å². The number of aromatic nitrogens is 1. The second-order valence-corrected chi connectivity index (χ2v) is 12.9. The molecular formula is C42H42ClN3O4. The summed E-state index contributed by atoms with van der Waals surface area (Å²) in [6.07, 6.45) is 5.04. The van der Waals surface area contributed by atoms with Crippen LogP contribution >= 0.6 is 11.6 Å². The summed E-state index contributed by atoms with van der Waals surface area (Å²) in [6.45, 7) is 9.47. The molecule has 0 spiro atoms. The van der Waals surface area contributed by atoms with Gasteiger partial charge in [0.25, 0.3) is 0 Å². The summed E-state index contributed by atoms with van der Waals surface area (Å²) in [5, 5.41) is 0.669. The highest BCUT2D eigenvalue weighted by atomic mass is 35.5. The number of carbonyl (C=O) groups is 1. The minimum atomic E-state index is 0.355. The lowest BCUT2D eigenvalue weighted by Crippen LogP contribution is -2.45. The standard InChI is InChI=1S/C42H42ClN3O4/c1-31-6-5-8-37(26-31)48-25-19-33-10-12-34(13-11-33)29-45-20-22-46(23-21-45)40(18-24-47)35-14-16-41(32(2)27-35)50-42-17-15-38(28-44-42)49-30-36-7-3-4-9-39(36)43/h3-18,24,26-28H,19-23,25,29-30H2,1-2H3/b40-18+. The van der Waals surface area contributed by atoms with Crippen molar-refractivity contribution in [3.05, 3.63) is 154 Å². The second kappa shape index (κ2) is 17.0. The Morgan fingerprint density at radius 2 is 1.62 bits per heavy atom. The topological polar surface area (TPSA) is 64.1 Å². The van der Waals surface area contributed by atoms with Gasteiger partial charge in [-0.1, -0.05) is 66.2 Å². The van der Waals surface area contributed by atoms with E-state index in [1.165, 1.54) is 16.7 Å². The van der Waals surface area contributed by atoms with E-state index in [1.54, 1.807) is 18.3 Å². The largest absolute Gasteiger partial charge is 0.493 e. The number of aryl methyl sites for hydroxylation is 2. The van der Waals surface area contributed by atoms with E-state index < -0.39 is 0 Å².